The van der Waals surface area contributed by atoms with E-state index in [0.717, 1.165) is 19.5 Å². The van der Waals surface area contributed by atoms with Crippen molar-refractivity contribution in [2.75, 3.05) is 13.1 Å². The van der Waals surface area contributed by atoms with E-state index < -0.39 is 0 Å². The summed E-state index contributed by atoms with van der Waals surface area (Å²) >= 11 is 0. The molecule has 1 aliphatic heterocycles. The molecule has 1 aliphatic rings. The number of carbonyl (C=O) groups excluding carboxylic acids is 1. The first-order valence-electron chi connectivity index (χ1n) is 4.03. The van der Waals surface area contributed by atoms with Crippen LogP contribution in [0.5, 0.6) is 0 Å². The van der Waals surface area contributed by atoms with Gasteiger partial charge < -0.3 is 5.32 Å². The molecule has 1 rings (SSSR count). The first-order chi connectivity index (χ1) is 5.22. The first kappa shape index (κ1) is 8.53. The standard InChI is InChI=1S/C8H15N2O/c1-3-10-5-4-8(6-10)9-7(2)11/h3,8H,4-6H2,1-2H3,(H,9,11). The maximum atomic E-state index is 10.7. The highest BCUT2D eigenvalue weighted by Gasteiger charge is 2.21. The van der Waals surface area contributed by atoms with Crippen LogP contribution < -0.4 is 5.32 Å². The van der Waals surface area contributed by atoms with Gasteiger partial charge in [0.05, 0.1) is 0 Å². The lowest BCUT2D eigenvalue weighted by molar-refractivity contribution is -0.119. The Labute approximate surface area is 67.8 Å². The quantitative estimate of drug-likeness (QED) is 0.625. The summed E-state index contributed by atoms with van der Waals surface area (Å²) in [5.41, 5.74) is 0. The summed E-state index contributed by atoms with van der Waals surface area (Å²) < 4.78 is 0. The molecule has 0 saturated carbocycles. The van der Waals surface area contributed by atoms with E-state index in [0.29, 0.717) is 6.04 Å². The molecule has 1 N–H and O–H groups in total. The maximum Gasteiger partial charge on any atom is 0.217 e. The molecule has 11 heavy (non-hydrogen) atoms. The average molecular weight is 155 g/mol. The van der Waals surface area contributed by atoms with Gasteiger partial charge in [0.25, 0.3) is 0 Å². The minimum Gasteiger partial charge on any atom is -0.352 e. The second kappa shape index (κ2) is 3.72. The van der Waals surface area contributed by atoms with Crippen LogP contribution in [0.4, 0.5) is 0 Å². The van der Waals surface area contributed by atoms with E-state index in [1.54, 1.807) is 6.92 Å². The van der Waals surface area contributed by atoms with Gasteiger partial charge in [-0.15, -0.1) is 0 Å². The minimum atomic E-state index is 0.0768. The lowest BCUT2D eigenvalue weighted by Gasteiger charge is -2.12. The van der Waals surface area contributed by atoms with Gasteiger partial charge in [-0.05, 0) is 13.3 Å². The summed E-state index contributed by atoms with van der Waals surface area (Å²) in [5.74, 6) is 0.0768. The Hall–Kier alpha value is -0.570. The van der Waals surface area contributed by atoms with Crippen molar-refractivity contribution >= 4 is 5.91 Å². The van der Waals surface area contributed by atoms with Gasteiger partial charge in [-0.25, -0.2) is 0 Å². The molecule has 0 aromatic heterocycles. The fourth-order valence-electron chi connectivity index (χ4n) is 1.43. The van der Waals surface area contributed by atoms with E-state index in [9.17, 15) is 4.79 Å². The molecular formula is C8H15N2O. The third kappa shape index (κ3) is 2.50. The number of hydrogen-bond donors (Lipinski definition) is 1. The SMILES string of the molecule is C[CH]N1CCC(NC(C)=O)C1. The first-order valence-corrected chi connectivity index (χ1v) is 4.03. The van der Waals surface area contributed by atoms with Crippen molar-refractivity contribution in [2.45, 2.75) is 26.3 Å². The normalized spacial score (nSPS) is 25.5. The second-order valence-electron chi connectivity index (χ2n) is 2.94. The topological polar surface area (TPSA) is 32.3 Å². The fraction of sp³-hybridized carbons (Fsp3) is 0.750. The summed E-state index contributed by atoms with van der Waals surface area (Å²) in [6.45, 7) is 7.70. The Kier molecular flexibility index (Phi) is 2.88. The molecule has 0 bridgehead atoms. The number of nitrogens with one attached hydrogen (secondary N) is 1. The van der Waals surface area contributed by atoms with E-state index in [2.05, 4.69) is 16.8 Å². The predicted molar refractivity (Wildman–Crippen MR) is 43.8 cm³/mol. The Balaban J connectivity index is 2.24. The molecule has 1 amide bonds. The number of likely N-dealkylation sites (tertiary alicyclic amines) is 1. The highest BCUT2D eigenvalue weighted by Crippen LogP contribution is 2.09. The van der Waals surface area contributed by atoms with Crippen molar-refractivity contribution in [3.63, 3.8) is 0 Å². The number of amides is 1. The Morgan fingerprint density at radius 3 is 2.91 bits per heavy atom. The van der Waals surface area contributed by atoms with Gasteiger partial charge in [-0.3, -0.25) is 9.69 Å². The van der Waals surface area contributed by atoms with Crippen LogP contribution in [0, 0.1) is 6.54 Å². The molecule has 3 heteroatoms. The molecule has 1 radical (unpaired) electrons. The molecule has 1 atom stereocenters. The van der Waals surface area contributed by atoms with E-state index in [-0.39, 0.29) is 5.91 Å². The van der Waals surface area contributed by atoms with Crippen molar-refractivity contribution in [2.24, 2.45) is 0 Å². The maximum absolute atomic E-state index is 10.7. The monoisotopic (exact) mass is 155 g/mol. The van der Waals surface area contributed by atoms with E-state index in [1.807, 2.05) is 6.92 Å². The van der Waals surface area contributed by atoms with E-state index in [1.165, 1.54) is 0 Å². The second-order valence-corrected chi connectivity index (χ2v) is 2.94. The molecular weight excluding hydrogens is 140 g/mol. The van der Waals surface area contributed by atoms with Crippen LogP contribution >= 0.6 is 0 Å². The summed E-state index contributed by atoms with van der Waals surface area (Å²) in [6.07, 6.45) is 1.07. The molecule has 0 aliphatic carbocycles. The van der Waals surface area contributed by atoms with Gasteiger partial charge in [0.15, 0.2) is 0 Å². The van der Waals surface area contributed by atoms with Crippen LogP contribution in [0.15, 0.2) is 0 Å². The molecule has 0 spiro atoms. The molecule has 1 unspecified atom stereocenters. The summed E-state index contributed by atoms with van der Waals surface area (Å²) in [4.78, 5) is 12.9. The van der Waals surface area contributed by atoms with Crippen LogP contribution in [-0.2, 0) is 4.79 Å². The average Bonchev–Trinajstić information content (AvgIpc) is 2.34. The third-order valence-electron chi connectivity index (χ3n) is 1.99. The van der Waals surface area contributed by atoms with Gasteiger partial charge >= 0.3 is 0 Å². The number of nitrogens with zero attached hydrogens (tertiary/aromatic N) is 1. The number of hydrogen-bond acceptors (Lipinski definition) is 2. The highest BCUT2D eigenvalue weighted by molar-refractivity contribution is 5.73. The minimum absolute atomic E-state index is 0.0768. The van der Waals surface area contributed by atoms with Crippen molar-refractivity contribution in [3.8, 4) is 0 Å². The van der Waals surface area contributed by atoms with E-state index >= 15 is 0 Å². The third-order valence-corrected chi connectivity index (χ3v) is 1.99. The number of rotatable bonds is 2. The molecule has 63 valence electrons. The lowest BCUT2D eigenvalue weighted by Crippen LogP contribution is -2.34. The molecule has 3 nitrogen and oxygen atoms in total. The summed E-state index contributed by atoms with van der Waals surface area (Å²) in [6, 6.07) is 0.365. The van der Waals surface area contributed by atoms with Crippen LogP contribution in [0.2, 0.25) is 0 Å². The fourth-order valence-corrected chi connectivity index (χ4v) is 1.43. The van der Waals surface area contributed by atoms with Crippen molar-refractivity contribution < 1.29 is 4.79 Å². The molecule has 0 aromatic rings. The zero-order valence-electron chi connectivity index (χ0n) is 7.13. The predicted octanol–water partition coefficient (Wildman–Crippen LogP) is 0.378. The smallest absolute Gasteiger partial charge is 0.217 e. The zero-order valence-corrected chi connectivity index (χ0v) is 7.13. The summed E-state index contributed by atoms with van der Waals surface area (Å²) in [7, 11) is 0. The van der Waals surface area contributed by atoms with Crippen LogP contribution in [0.1, 0.15) is 20.3 Å². The van der Waals surface area contributed by atoms with Gasteiger partial charge in [0.2, 0.25) is 5.91 Å². The highest BCUT2D eigenvalue weighted by atomic mass is 16.1. The largest absolute Gasteiger partial charge is 0.352 e. The van der Waals surface area contributed by atoms with Crippen molar-refractivity contribution in [1.82, 2.24) is 10.2 Å². The van der Waals surface area contributed by atoms with Gasteiger partial charge in [-0.1, -0.05) is 0 Å². The molecule has 1 saturated heterocycles. The Morgan fingerprint density at radius 2 is 2.45 bits per heavy atom. The molecule has 0 aromatic carbocycles. The van der Waals surface area contributed by atoms with Crippen molar-refractivity contribution in [1.29, 1.82) is 0 Å². The van der Waals surface area contributed by atoms with Crippen LogP contribution in [0.3, 0.4) is 0 Å². The van der Waals surface area contributed by atoms with Crippen molar-refractivity contribution in [3.05, 3.63) is 6.54 Å². The zero-order chi connectivity index (χ0) is 8.27. The lowest BCUT2D eigenvalue weighted by atomic mass is 10.3. The Bertz CT molecular complexity index is 147. The number of carbonyl (C=O) groups is 1. The molecule has 1 heterocycles. The molecule has 1 fully saturated rings. The van der Waals surface area contributed by atoms with E-state index in [4.69, 9.17) is 0 Å². The Morgan fingerprint density at radius 1 is 1.73 bits per heavy atom. The van der Waals surface area contributed by atoms with Gasteiger partial charge in [-0.2, -0.15) is 0 Å². The van der Waals surface area contributed by atoms with Crippen LogP contribution in [0.25, 0.3) is 0 Å². The van der Waals surface area contributed by atoms with Gasteiger partial charge in [0.1, 0.15) is 0 Å². The van der Waals surface area contributed by atoms with Gasteiger partial charge in [0, 0.05) is 32.6 Å². The summed E-state index contributed by atoms with van der Waals surface area (Å²) in [5, 5.41) is 2.91. The van der Waals surface area contributed by atoms with Crippen LogP contribution in [-0.4, -0.2) is 29.9 Å².